The molecule has 1 aliphatic rings. The largest absolute Gasteiger partial charge is 0.395 e. The SMILES string of the molecule is CCCSc1ncc(N)c(Cl)n1.COC(C)(C)O.NC1CCC(OCCO)C1. The first-order valence-corrected chi connectivity index (χ1v) is 10.7. The van der Waals surface area contributed by atoms with E-state index in [-0.39, 0.29) is 6.61 Å². The zero-order valence-electron chi connectivity index (χ0n) is 17.2. The van der Waals surface area contributed by atoms with Gasteiger partial charge < -0.3 is 31.2 Å². The second-order valence-corrected chi connectivity index (χ2v) is 8.11. The van der Waals surface area contributed by atoms with Gasteiger partial charge in [-0.2, -0.15) is 0 Å². The average Bonchev–Trinajstić information content (AvgIpc) is 3.06. The van der Waals surface area contributed by atoms with Crippen LogP contribution in [-0.4, -0.2) is 64.2 Å². The number of aliphatic hydroxyl groups excluding tert-OH is 1. The molecule has 28 heavy (non-hydrogen) atoms. The summed E-state index contributed by atoms with van der Waals surface area (Å²) in [4.78, 5) is 8.02. The van der Waals surface area contributed by atoms with Crippen LogP contribution in [0.25, 0.3) is 0 Å². The van der Waals surface area contributed by atoms with Crippen molar-refractivity contribution in [2.45, 2.75) is 69.5 Å². The Morgan fingerprint density at radius 3 is 2.46 bits per heavy atom. The van der Waals surface area contributed by atoms with Gasteiger partial charge in [0, 0.05) is 18.9 Å². The predicted molar refractivity (Wildman–Crippen MR) is 114 cm³/mol. The first-order chi connectivity index (χ1) is 13.1. The van der Waals surface area contributed by atoms with Crippen LogP contribution >= 0.6 is 23.4 Å². The molecule has 8 nitrogen and oxygen atoms in total. The van der Waals surface area contributed by atoms with Crippen LogP contribution in [0, 0.1) is 0 Å². The average molecular weight is 439 g/mol. The van der Waals surface area contributed by atoms with E-state index < -0.39 is 5.79 Å². The van der Waals surface area contributed by atoms with Gasteiger partial charge in [-0.1, -0.05) is 30.3 Å². The first-order valence-electron chi connectivity index (χ1n) is 9.29. The summed E-state index contributed by atoms with van der Waals surface area (Å²) in [5.41, 5.74) is 11.5. The van der Waals surface area contributed by atoms with Crippen LogP contribution in [0.15, 0.2) is 11.4 Å². The lowest BCUT2D eigenvalue weighted by Crippen LogP contribution is -2.20. The van der Waals surface area contributed by atoms with Gasteiger partial charge >= 0.3 is 0 Å². The fourth-order valence-corrected chi connectivity index (χ4v) is 2.81. The smallest absolute Gasteiger partial charge is 0.189 e. The van der Waals surface area contributed by atoms with Gasteiger partial charge in [0.1, 0.15) is 0 Å². The third-order valence-corrected chi connectivity index (χ3v) is 4.92. The number of rotatable bonds is 7. The molecule has 2 atom stereocenters. The summed E-state index contributed by atoms with van der Waals surface area (Å²) in [6.45, 7) is 5.83. The molecule has 0 spiro atoms. The van der Waals surface area contributed by atoms with Gasteiger partial charge in [0.25, 0.3) is 0 Å². The maximum absolute atomic E-state index is 8.60. The van der Waals surface area contributed by atoms with E-state index in [1.165, 1.54) is 13.3 Å². The minimum absolute atomic E-state index is 0.117. The molecule has 1 aromatic heterocycles. The summed E-state index contributed by atoms with van der Waals surface area (Å²) < 4.78 is 9.79. The topological polar surface area (TPSA) is 137 Å². The van der Waals surface area contributed by atoms with Crippen LogP contribution in [0.4, 0.5) is 5.69 Å². The second kappa shape index (κ2) is 15.2. The van der Waals surface area contributed by atoms with Crippen molar-refractivity contribution in [3.8, 4) is 0 Å². The Morgan fingerprint density at radius 2 is 2.04 bits per heavy atom. The fraction of sp³-hybridized carbons (Fsp3) is 0.778. The Morgan fingerprint density at radius 1 is 1.39 bits per heavy atom. The highest BCUT2D eigenvalue weighted by Gasteiger charge is 2.21. The molecule has 0 radical (unpaired) electrons. The molecule has 0 bridgehead atoms. The van der Waals surface area contributed by atoms with Gasteiger partial charge in [0.05, 0.1) is 31.2 Å². The second-order valence-electron chi connectivity index (χ2n) is 6.69. The van der Waals surface area contributed by atoms with Gasteiger partial charge in [0.2, 0.25) is 0 Å². The van der Waals surface area contributed by atoms with Crippen LogP contribution in [-0.2, 0) is 9.47 Å². The Kier molecular flexibility index (Phi) is 14.8. The van der Waals surface area contributed by atoms with Gasteiger partial charge in [-0.05, 0) is 39.5 Å². The van der Waals surface area contributed by atoms with Crippen LogP contribution in [0.3, 0.4) is 0 Å². The number of hydrogen-bond donors (Lipinski definition) is 4. The van der Waals surface area contributed by atoms with Gasteiger partial charge in [-0.25, -0.2) is 9.97 Å². The summed E-state index contributed by atoms with van der Waals surface area (Å²) in [6, 6.07) is 0.323. The number of methoxy groups -OCH3 is 1. The highest BCUT2D eigenvalue weighted by Crippen LogP contribution is 2.20. The number of aromatic nitrogens is 2. The number of halogens is 1. The molecule has 6 N–H and O–H groups in total. The van der Waals surface area contributed by atoms with Crippen molar-refractivity contribution in [1.82, 2.24) is 9.97 Å². The summed E-state index contributed by atoms with van der Waals surface area (Å²) >= 11 is 7.28. The summed E-state index contributed by atoms with van der Waals surface area (Å²) in [7, 11) is 1.46. The third kappa shape index (κ3) is 14.3. The number of nitrogens with two attached hydrogens (primary N) is 2. The molecule has 0 aromatic carbocycles. The summed E-state index contributed by atoms with van der Waals surface area (Å²) in [6.07, 6.45) is 6.02. The van der Waals surface area contributed by atoms with Crippen molar-refractivity contribution in [1.29, 1.82) is 0 Å². The van der Waals surface area contributed by atoms with Gasteiger partial charge in [-0.3, -0.25) is 0 Å². The van der Waals surface area contributed by atoms with E-state index in [0.717, 1.165) is 31.4 Å². The number of nitrogens with zero attached hydrogens (tertiary/aromatic N) is 2. The lowest BCUT2D eigenvalue weighted by molar-refractivity contribution is -0.155. The number of ether oxygens (including phenoxy) is 2. The standard InChI is InChI=1S/C7H10ClN3S.C7H15NO2.C4H10O2/c1-2-3-12-7-10-4-5(9)6(8)11-7;8-6-1-2-7(5-6)10-4-3-9;1-4(2,5)6-3/h4H,2-3,9H2,1H3;6-7,9H,1-5,8H2;5H,1-3H3. The maximum Gasteiger partial charge on any atom is 0.189 e. The van der Waals surface area contributed by atoms with E-state index in [1.807, 2.05) is 0 Å². The molecule has 1 fully saturated rings. The van der Waals surface area contributed by atoms with Crippen molar-refractivity contribution < 1.29 is 19.7 Å². The quantitative estimate of drug-likeness (QED) is 0.219. The Hall–Kier alpha value is -0.680. The van der Waals surface area contributed by atoms with E-state index >= 15 is 0 Å². The van der Waals surface area contributed by atoms with Crippen molar-refractivity contribution >= 4 is 29.1 Å². The lowest BCUT2D eigenvalue weighted by Gasteiger charge is -2.12. The third-order valence-electron chi connectivity index (χ3n) is 3.55. The first kappa shape index (κ1) is 27.3. The van der Waals surface area contributed by atoms with E-state index in [1.54, 1.807) is 25.6 Å². The molecule has 0 saturated heterocycles. The highest BCUT2D eigenvalue weighted by molar-refractivity contribution is 7.99. The fourth-order valence-electron chi connectivity index (χ4n) is 1.96. The minimum Gasteiger partial charge on any atom is -0.395 e. The molecule has 2 rings (SSSR count). The van der Waals surface area contributed by atoms with Crippen molar-refractivity contribution in [3.05, 3.63) is 11.3 Å². The molecule has 1 aromatic rings. The Bertz CT molecular complexity index is 535. The van der Waals surface area contributed by atoms with E-state index in [9.17, 15) is 0 Å². The monoisotopic (exact) mass is 438 g/mol. The summed E-state index contributed by atoms with van der Waals surface area (Å²) in [5, 5.41) is 18.1. The molecule has 2 unspecified atom stereocenters. The van der Waals surface area contributed by atoms with Crippen LogP contribution in [0.1, 0.15) is 46.5 Å². The minimum atomic E-state index is -0.958. The van der Waals surface area contributed by atoms with Gasteiger partial charge in [0.15, 0.2) is 16.1 Å². The van der Waals surface area contributed by atoms with Crippen molar-refractivity contribution in [2.24, 2.45) is 5.73 Å². The van der Waals surface area contributed by atoms with Crippen LogP contribution in [0.5, 0.6) is 0 Å². The molecule has 164 valence electrons. The highest BCUT2D eigenvalue weighted by atomic mass is 35.5. The molecular weight excluding hydrogens is 404 g/mol. The van der Waals surface area contributed by atoms with Crippen LogP contribution < -0.4 is 11.5 Å². The molecule has 1 heterocycles. The number of hydrogen-bond acceptors (Lipinski definition) is 9. The Labute approximate surface area is 177 Å². The molecule has 0 aliphatic heterocycles. The lowest BCUT2D eigenvalue weighted by atomic mass is 10.3. The molecule has 0 amide bonds. The molecule has 1 saturated carbocycles. The van der Waals surface area contributed by atoms with Gasteiger partial charge in [-0.15, -0.1) is 0 Å². The number of anilines is 1. The number of thioether (sulfide) groups is 1. The summed E-state index contributed by atoms with van der Waals surface area (Å²) in [5.74, 6) is 0.0419. The maximum atomic E-state index is 8.60. The van der Waals surface area contributed by atoms with E-state index in [0.29, 0.717) is 34.7 Å². The zero-order valence-corrected chi connectivity index (χ0v) is 18.8. The van der Waals surface area contributed by atoms with E-state index in [4.69, 9.17) is 38.0 Å². The van der Waals surface area contributed by atoms with Crippen molar-refractivity contribution in [3.63, 3.8) is 0 Å². The number of nitrogen functional groups attached to an aromatic ring is 1. The molecular formula is C18H35ClN4O4S. The van der Waals surface area contributed by atoms with Crippen molar-refractivity contribution in [2.75, 3.05) is 31.8 Å². The van der Waals surface area contributed by atoms with E-state index in [2.05, 4.69) is 21.6 Å². The predicted octanol–water partition coefficient (Wildman–Crippen LogP) is 2.45. The normalized spacial score (nSPS) is 18.7. The number of aliphatic hydroxyl groups is 2. The van der Waals surface area contributed by atoms with Crippen LogP contribution in [0.2, 0.25) is 5.15 Å². The molecule has 10 heteroatoms. The zero-order chi connectivity index (χ0) is 21.6. The Balaban J connectivity index is 0.000000414. The molecule has 1 aliphatic carbocycles.